The van der Waals surface area contributed by atoms with Crippen LogP contribution in [0.1, 0.15) is 84.7 Å². The van der Waals surface area contributed by atoms with Gasteiger partial charge < -0.3 is 14.4 Å². The highest BCUT2D eigenvalue weighted by Gasteiger charge is 2.48. The summed E-state index contributed by atoms with van der Waals surface area (Å²) in [5.41, 5.74) is 3.12. The molecule has 0 saturated heterocycles. The number of pyridine rings is 2. The van der Waals surface area contributed by atoms with Gasteiger partial charge in [-0.15, -0.1) is 0 Å². The van der Waals surface area contributed by atoms with Gasteiger partial charge in [-0.1, -0.05) is 40.5 Å². The largest absolute Gasteiger partial charge is 0.477 e. The fourth-order valence-electron chi connectivity index (χ4n) is 5.77. The van der Waals surface area contributed by atoms with Gasteiger partial charge in [0.05, 0.1) is 22.3 Å². The fourth-order valence-corrected chi connectivity index (χ4v) is 6.32. The summed E-state index contributed by atoms with van der Waals surface area (Å²) in [4.78, 5) is 19.2. The van der Waals surface area contributed by atoms with E-state index in [1.807, 2.05) is 12.1 Å². The second-order valence-electron chi connectivity index (χ2n) is 10.6. The fraction of sp³-hybridized carbons (Fsp3) is 0.429. The molecular formula is C28H27Cl2N3O4. The molecule has 37 heavy (non-hydrogen) atoms. The van der Waals surface area contributed by atoms with Gasteiger partial charge in [-0.2, -0.15) is 0 Å². The van der Waals surface area contributed by atoms with E-state index < -0.39 is 5.97 Å². The highest BCUT2D eigenvalue weighted by atomic mass is 35.5. The van der Waals surface area contributed by atoms with Crippen molar-refractivity contribution in [3.63, 3.8) is 0 Å². The molecule has 0 atom stereocenters. The standard InChI is InChI=1S/C28H27Cl2N3O4/c29-20-14-31-15-21(30)23(20)24-19(25(37-33-24)18-1-2-18)16-36-28-9-6-27(7-10-28,8-11-28)5-3-17-4-12-32-22(13-17)26(34)35/h3-5,12-15,18H,1-2,6-11,16H2,(H,34,35). The number of aromatic carboxylic acids is 1. The monoisotopic (exact) mass is 539 g/mol. The zero-order valence-electron chi connectivity index (χ0n) is 20.3. The molecule has 4 fully saturated rings. The molecule has 0 aliphatic heterocycles. The number of allylic oxidation sites excluding steroid dienone is 1. The van der Waals surface area contributed by atoms with Crippen molar-refractivity contribution >= 4 is 35.2 Å². The number of carboxylic acids is 1. The van der Waals surface area contributed by atoms with Gasteiger partial charge >= 0.3 is 5.97 Å². The number of hydrogen-bond donors (Lipinski definition) is 1. The van der Waals surface area contributed by atoms with Crippen LogP contribution in [0.25, 0.3) is 17.3 Å². The first-order valence-electron chi connectivity index (χ1n) is 12.7. The van der Waals surface area contributed by atoms with Crippen LogP contribution in [-0.2, 0) is 11.3 Å². The van der Waals surface area contributed by atoms with Crippen LogP contribution in [0, 0.1) is 5.41 Å². The predicted octanol–water partition coefficient (Wildman–Crippen LogP) is 7.34. The van der Waals surface area contributed by atoms with Crippen LogP contribution in [0.2, 0.25) is 10.0 Å². The summed E-state index contributed by atoms with van der Waals surface area (Å²) >= 11 is 12.9. The zero-order chi connectivity index (χ0) is 25.6. The molecule has 0 spiro atoms. The summed E-state index contributed by atoms with van der Waals surface area (Å²) in [6.07, 6.45) is 17.2. The lowest BCUT2D eigenvalue weighted by atomic mass is 9.58. The molecule has 4 aliphatic carbocycles. The van der Waals surface area contributed by atoms with Crippen LogP contribution in [0.5, 0.6) is 0 Å². The summed E-state index contributed by atoms with van der Waals surface area (Å²) in [6.45, 7) is 0.414. The molecule has 0 unspecified atom stereocenters. The van der Waals surface area contributed by atoms with Crippen molar-refractivity contribution in [2.24, 2.45) is 5.41 Å². The van der Waals surface area contributed by atoms with Gasteiger partial charge in [-0.3, -0.25) is 4.98 Å². The van der Waals surface area contributed by atoms with Crippen LogP contribution in [0.4, 0.5) is 0 Å². The minimum Gasteiger partial charge on any atom is -0.477 e. The molecule has 0 radical (unpaired) electrons. The van der Waals surface area contributed by atoms with E-state index in [0.29, 0.717) is 33.8 Å². The second-order valence-corrected chi connectivity index (χ2v) is 11.4. The molecule has 0 amide bonds. The highest BCUT2D eigenvalue weighted by molar-refractivity contribution is 6.38. The molecule has 7 nitrogen and oxygen atoms in total. The molecule has 1 N–H and O–H groups in total. The lowest BCUT2D eigenvalue weighted by molar-refractivity contribution is -0.133. The molecule has 2 bridgehead atoms. The van der Waals surface area contributed by atoms with E-state index >= 15 is 0 Å². The number of carbonyl (C=O) groups is 1. The number of nitrogens with zero attached hydrogens (tertiary/aromatic N) is 3. The number of rotatable bonds is 8. The number of hydrogen-bond acceptors (Lipinski definition) is 6. The molecule has 7 rings (SSSR count). The predicted molar refractivity (Wildman–Crippen MR) is 140 cm³/mol. The molecule has 9 heteroatoms. The van der Waals surface area contributed by atoms with Crippen LogP contribution in [0.15, 0.2) is 41.3 Å². The van der Waals surface area contributed by atoms with Gasteiger partial charge in [0.15, 0.2) is 0 Å². The summed E-state index contributed by atoms with van der Waals surface area (Å²) in [5.74, 6) is 0.249. The van der Waals surface area contributed by atoms with Gasteiger partial charge in [0.2, 0.25) is 0 Å². The summed E-state index contributed by atoms with van der Waals surface area (Å²) in [7, 11) is 0. The molecule has 192 valence electrons. The van der Waals surface area contributed by atoms with Gasteiger partial charge in [0, 0.05) is 35.6 Å². The Kier molecular flexibility index (Phi) is 6.33. The van der Waals surface area contributed by atoms with Crippen molar-refractivity contribution in [1.82, 2.24) is 15.1 Å². The Morgan fingerprint density at radius 3 is 2.49 bits per heavy atom. The Bertz CT molecular complexity index is 1340. The van der Waals surface area contributed by atoms with E-state index in [0.717, 1.165) is 68.3 Å². The molecule has 4 aliphatic rings. The van der Waals surface area contributed by atoms with E-state index in [2.05, 4.69) is 21.2 Å². The van der Waals surface area contributed by atoms with Crippen LogP contribution >= 0.6 is 23.2 Å². The second kappa shape index (κ2) is 9.53. The number of carboxylic acid groups (broad SMARTS) is 1. The lowest BCUT2D eigenvalue weighted by Gasteiger charge is -2.52. The van der Waals surface area contributed by atoms with E-state index in [4.69, 9.17) is 32.5 Å². The van der Waals surface area contributed by atoms with Gasteiger partial charge in [0.25, 0.3) is 0 Å². The Hall–Kier alpha value is -2.74. The van der Waals surface area contributed by atoms with E-state index in [1.54, 1.807) is 24.7 Å². The van der Waals surface area contributed by atoms with Crippen molar-refractivity contribution in [3.05, 3.63) is 69.4 Å². The third-order valence-electron chi connectivity index (χ3n) is 8.25. The quantitative estimate of drug-likeness (QED) is 0.319. The maximum Gasteiger partial charge on any atom is 0.354 e. The maximum atomic E-state index is 11.2. The smallest absolute Gasteiger partial charge is 0.354 e. The maximum absolute atomic E-state index is 11.2. The molecule has 3 heterocycles. The summed E-state index contributed by atoms with van der Waals surface area (Å²) < 4.78 is 12.5. The number of ether oxygens (including phenoxy) is 1. The third kappa shape index (κ3) is 4.80. The Labute approximate surface area is 224 Å². The molecule has 3 aromatic rings. The zero-order valence-corrected chi connectivity index (χ0v) is 21.8. The Balaban J connectivity index is 1.17. The van der Waals surface area contributed by atoms with Crippen LogP contribution in [0.3, 0.4) is 0 Å². The number of fused-ring (bicyclic) bond motifs is 3. The third-order valence-corrected chi connectivity index (χ3v) is 8.82. The van der Waals surface area contributed by atoms with Gasteiger partial charge in [-0.05, 0) is 74.5 Å². The van der Waals surface area contributed by atoms with E-state index in [-0.39, 0.29) is 16.7 Å². The molecular weight excluding hydrogens is 513 g/mol. The van der Waals surface area contributed by atoms with Gasteiger partial charge in [0.1, 0.15) is 17.1 Å². The summed E-state index contributed by atoms with van der Waals surface area (Å²) in [5, 5.41) is 14.5. The minimum absolute atomic E-state index is 0.0624. The Morgan fingerprint density at radius 2 is 1.84 bits per heavy atom. The molecule has 3 aromatic heterocycles. The summed E-state index contributed by atoms with van der Waals surface area (Å²) in [6, 6.07) is 3.46. The first kappa shape index (κ1) is 24.6. The molecule has 4 saturated carbocycles. The van der Waals surface area contributed by atoms with Crippen LogP contribution < -0.4 is 0 Å². The average Bonchev–Trinajstić information content (AvgIpc) is 3.68. The molecule has 0 aromatic carbocycles. The minimum atomic E-state index is -1.01. The normalized spacial score (nSPS) is 25.1. The van der Waals surface area contributed by atoms with Crippen molar-refractivity contribution < 1.29 is 19.2 Å². The number of aromatic nitrogens is 3. The SMILES string of the molecule is O=C(O)c1cc(C=CC23CCC(OCc4c(-c5c(Cl)cncc5Cl)noc4C4CC4)(CC2)CC3)ccn1. The number of halogens is 2. The highest BCUT2D eigenvalue weighted by Crippen LogP contribution is 2.55. The van der Waals surface area contributed by atoms with E-state index in [1.165, 1.54) is 0 Å². The average molecular weight is 540 g/mol. The van der Waals surface area contributed by atoms with E-state index in [9.17, 15) is 9.90 Å². The first-order valence-corrected chi connectivity index (χ1v) is 13.4. The van der Waals surface area contributed by atoms with Crippen molar-refractivity contribution in [1.29, 1.82) is 0 Å². The van der Waals surface area contributed by atoms with Crippen molar-refractivity contribution in [2.75, 3.05) is 0 Å². The first-order chi connectivity index (χ1) is 17.9. The van der Waals surface area contributed by atoms with Gasteiger partial charge in [-0.25, -0.2) is 9.78 Å². The lowest BCUT2D eigenvalue weighted by Crippen LogP contribution is -2.46. The van der Waals surface area contributed by atoms with Crippen LogP contribution in [-0.4, -0.2) is 31.8 Å². The topological polar surface area (TPSA) is 98.3 Å². The Morgan fingerprint density at radius 1 is 1.14 bits per heavy atom. The van der Waals surface area contributed by atoms with Crippen molar-refractivity contribution in [2.45, 2.75) is 69.5 Å². The van der Waals surface area contributed by atoms with Crippen molar-refractivity contribution in [3.8, 4) is 11.3 Å².